The van der Waals surface area contributed by atoms with E-state index in [1.54, 1.807) is 4.57 Å². The van der Waals surface area contributed by atoms with Crippen molar-refractivity contribution >= 4 is 27.1 Å². The molecule has 0 spiro atoms. The number of benzene rings is 3. The summed E-state index contributed by atoms with van der Waals surface area (Å²) in [5.41, 5.74) is 5.40. The first-order valence-corrected chi connectivity index (χ1v) is 10.7. The maximum Gasteiger partial charge on any atom is 0.284 e. The number of aryl methyl sites for hydroxylation is 2. The van der Waals surface area contributed by atoms with Crippen LogP contribution in [0.4, 0.5) is 0 Å². The zero-order valence-electron chi connectivity index (χ0n) is 17.1. The average molecular weight is 471 g/mol. The lowest BCUT2D eigenvalue weighted by molar-refractivity contribution is 0.969. The minimum atomic E-state index is -0.183. The van der Waals surface area contributed by atoms with Gasteiger partial charge in [-0.15, -0.1) is 0 Å². The molecule has 0 bridgehead atoms. The van der Waals surface area contributed by atoms with E-state index in [1.165, 1.54) is 0 Å². The molecule has 0 saturated heterocycles. The fourth-order valence-corrected chi connectivity index (χ4v) is 3.79. The molecule has 5 nitrogen and oxygen atoms in total. The van der Waals surface area contributed by atoms with Crippen molar-refractivity contribution in [2.75, 3.05) is 0 Å². The number of rotatable bonds is 3. The minimum absolute atomic E-state index is 0.183. The highest BCUT2D eigenvalue weighted by molar-refractivity contribution is 9.10. The highest BCUT2D eigenvalue weighted by Crippen LogP contribution is 2.25. The molecular formula is C25H19BrN4O. The Labute approximate surface area is 187 Å². The van der Waals surface area contributed by atoms with Crippen LogP contribution in [-0.2, 0) is 0 Å². The third-order valence-corrected chi connectivity index (χ3v) is 5.77. The second-order valence-corrected chi connectivity index (χ2v) is 8.48. The second kappa shape index (κ2) is 7.63. The minimum Gasteiger partial charge on any atom is -0.332 e. The number of imidazole rings is 1. The highest BCUT2D eigenvalue weighted by atomic mass is 79.9. The predicted molar refractivity (Wildman–Crippen MR) is 128 cm³/mol. The number of fused-ring (bicyclic) bond motifs is 1. The molecule has 31 heavy (non-hydrogen) atoms. The van der Waals surface area contributed by atoms with Gasteiger partial charge >= 0.3 is 0 Å². The number of nitrogens with one attached hydrogen (secondary N) is 1. The van der Waals surface area contributed by atoms with Crippen LogP contribution in [0.3, 0.4) is 0 Å². The van der Waals surface area contributed by atoms with Gasteiger partial charge in [0.15, 0.2) is 11.2 Å². The number of nitrogens with zero attached hydrogens (tertiary/aromatic N) is 3. The van der Waals surface area contributed by atoms with E-state index in [0.717, 1.165) is 32.4 Å². The van der Waals surface area contributed by atoms with Crippen LogP contribution < -0.4 is 5.56 Å². The second-order valence-electron chi connectivity index (χ2n) is 7.57. The fourth-order valence-electron chi connectivity index (χ4n) is 3.53. The lowest BCUT2D eigenvalue weighted by atomic mass is 10.1. The van der Waals surface area contributed by atoms with E-state index >= 15 is 0 Å². The molecule has 1 N–H and O–H groups in total. The van der Waals surface area contributed by atoms with Crippen molar-refractivity contribution in [3.05, 3.63) is 98.7 Å². The normalized spacial score (nSPS) is 11.2. The Morgan fingerprint density at radius 2 is 1.35 bits per heavy atom. The van der Waals surface area contributed by atoms with E-state index < -0.39 is 0 Å². The standard InChI is InChI=1S/C25H19BrN4O/c1-15-3-7-17(8-4-15)22-27-21-23(28-22)29-24(18-9-11-19(26)12-10-18)30(25(21)31)20-13-5-16(2)6-14-20/h3-14H,1-2H3,(H,27,28). The number of hydrogen-bond donors (Lipinski definition) is 1. The molecule has 0 radical (unpaired) electrons. The van der Waals surface area contributed by atoms with Crippen molar-refractivity contribution in [1.29, 1.82) is 0 Å². The first-order valence-electron chi connectivity index (χ1n) is 9.92. The van der Waals surface area contributed by atoms with Crippen LogP contribution in [0.2, 0.25) is 0 Å². The van der Waals surface area contributed by atoms with Gasteiger partial charge in [-0.2, -0.15) is 0 Å². The fraction of sp³-hybridized carbons (Fsp3) is 0.0800. The molecule has 2 aromatic heterocycles. The summed E-state index contributed by atoms with van der Waals surface area (Å²) in [6.45, 7) is 4.06. The summed E-state index contributed by atoms with van der Waals surface area (Å²) in [5, 5.41) is 0. The highest BCUT2D eigenvalue weighted by Gasteiger charge is 2.18. The van der Waals surface area contributed by atoms with Gasteiger partial charge in [-0.1, -0.05) is 75.6 Å². The Hall–Kier alpha value is -3.51. The molecule has 152 valence electrons. The van der Waals surface area contributed by atoms with Crippen LogP contribution in [0.15, 0.2) is 82.1 Å². The van der Waals surface area contributed by atoms with E-state index in [0.29, 0.717) is 22.8 Å². The topological polar surface area (TPSA) is 63.6 Å². The maximum absolute atomic E-state index is 13.6. The molecule has 0 fully saturated rings. The average Bonchev–Trinajstić information content (AvgIpc) is 3.20. The zero-order chi connectivity index (χ0) is 21.5. The monoisotopic (exact) mass is 470 g/mol. The zero-order valence-corrected chi connectivity index (χ0v) is 18.6. The number of H-pyrrole nitrogens is 1. The molecule has 0 amide bonds. The van der Waals surface area contributed by atoms with Gasteiger partial charge in [0.05, 0.1) is 5.69 Å². The number of halogens is 1. The van der Waals surface area contributed by atoms with Gasteiger partial charge in [-0.05, 0) is 38.1 Å². The lowest BCUT2D eigenvalue weighted by Gasteiger charge is -2.12. The molecule has 0 aliphatic carbocycles. The first kappa shape index (κ1) is 19.5. The summed E-state index contributed by atoms with van der Waals surface area (Å²) in [6.07, 6.45) is 0. The third kappa shape index (κ3) is 3.59. The summed E-state index contributed by atoms with van der Waals surface area (Å²) in [7, 11) is 0. The molecule has 0 aliphatic rings. The smallest absolute Gasteiger partial charge is 0.284 e. The molecule has 0 atom stereocenters. The summed E-state index contributed by atoms with van der Waals surface area (Å²) in [6, 6.07) is 23.6. The lowest BCUT2D eigenvalue weighted by Crippen LogP contribution is -2.22. The van der Waals surface area contributed by atoms with E-state index in [2.05, 4.69) is 25.9 Å². The predicted octanol–water partition coefficient (Wildman–Crippen LogP) is 5.82. The molecule has 2 heterocycles. The maximum atomic E-state index is 13.6. The van der Waals surface area contributed by atoms with Crippen molar-refractivity contribution in [1.82, 2.24) is 19.5 Å². The van der Waals surface area contributed by atoms with Crippen molar-refractivity contribution in [3.8, 4) is 28.5 Å². The van der Waals surface area contributed by atoms with E-state index in [9.17, 15) is 4.79 Å². The van der Waals surface area contributed by atoms with Gasteiger partial charge in [0.25, 0.3) is 5.56 Å². The van der Waals surface area contributed by atoms with Crippen LogP contribution in [0.5, 0.6) is 0 Å². The molecule has 0 saturated carbocycles. The van der Waals surface area contributed by atoms with Gasteiger partial charge in [0.1, 0.15) is 11.6 Å². The molecular weight excluding hydrogens is 452 g/mol. The van der Waals surface area contributed by atoms with Gasteiger partial charge in [-0.3, -0.25) is 9.36 Å². The summed E-state index contributed by atoms with van der Waals surface area (Å²) < 4.78 is 2.60. The molecule has 0 unspecified atom stereocenters. The number of aromatic nitrogens is 4. The molecule has 3 aromatic carbocycles. The Morgan fingerprint density at radius 3 is 2.00 bits per heavy atom. The largest absolute Gasteiger partial charge is 0.332 e. The number of aromatic amines is 1. The van der Waals surface area contributed by atoms with Crippen LogP contribution in [0.1, 0.15) is 11.1 Å². The summed E-state index contributed by atoms with van der Waals surface area (Å²) in [5.74, 6) is 1.18. The molecule has 5 rings (SSSR count). The quantitative estimate of drug-likeness (QED) is 0.361. The van der Waals surface area contributed by atoms with Crippen molar-refractivity contribution in [2.45, 2.75) is 13.8 Å². The SMILES string of the molecule is Cc1ccc(-c2nc3nc(-c4ccc(Br)cc4)n(-c4ccc(C)cc4)c(=O)c3[nH]2)cc1. The first-order chi connectivity index (χ1) is 15.0. The van der Waals surface area contributed by atoms with Crippen LogP contribution in [0.25, 0.3) is 39.6 Å². The van der Waals surface area contributed by atoms with Crippen LogP contribution >= 0.6 is 15.9 Å². The Balaban J connectivity index is 1.79. The van der Waals surface area contributed by atoms with Crippen LogP contribution in [0, 0.1) is 13.8 Å². The van der Waals surface area contributed by atoms with Crippen molar-refractivity contribution in [3.63, 3.8) is 0 Å². The Kier molecular flexibility index (Phi) is 4.79. The van der Waals surface area contributed by atoms with Crippen molar-refractivity contribution < 1.29 is 0 Å². The van der Waals surface area contributed by atoms with Gasteiger partial charge in [0, 0.05) is 15.6 Å². The Morgan fingerprint density at radius 1 is 0.774 bits per heavy atom. The third-order valence-electron chi connectivity index (χ3n) is 5.24. The molecule has 6 heteroatoms. The molecule has 0 aliphatic heterocycles. The van der Waals surface area contributed by atoms with E-state index in [1.807, 2.05) is 86.6 Å². The van der Waals surface area contributed by atoms with Gasteiger partial charge < -0.3 is 4.98 Å². The summed E-state index contributed by atoms with van der Waals surface area (Å²) in [4.78, 5) is 26.3. The van der Waals surface area contributed by atoms with Gasteiger partial charge in [-0.25, -0.2) is 9.97 Å². The summed E-state index contributed by atoms with van der Waals surface area (Å²) >= 11 is 3.47. The van der Waals surface area contributed by atoms with E-state index in [-0.39, 0.29) is 5.56 Å². The molecule has 5 aromatic rings. The van der Waals surface area contributed by atoms with Crippen LogP contribution in [-0.4, -0.2) is 19.5 Å². The number of hydrogen-bond acceptors (Lipinski definition) is 3. The van der Waals surface area contributed by atoms with E-state index in [4.69, 9.17) is 4.98 Å². The van der Waals surface area contributed by atoms with Crippen molar-refractivity contribution in [2.24, 2.45) is 0 Å². The Bertz CT molecular complexity index is 1450. The van der Waals surface area contributed by atoms with Gasteiger partial charge in [0.2, 0.25) is 0 Å².